The summed E-state index contributed by atoms with van der Waals surface area (Å²) in [6, 6.07) is 9.52. The Morgan fingerprint density at radius 3 is 2.22 bits per heavy atom. The molecular weight excluding hydrogens is 310 g/mol. The fourth-order valence-electron chi connectivity index (χ4n) is 1.83. The minimum Gasteiger partial charge on any atom is -0.369 e. The number of methoxy groups -OCH3 is 1. The van der Waals surface area contributed by atoms with Gasteiger partial charge in [-0.1, -0.05) is 0 Å². The summed E-state index contributed by atoms with van der Waals surface area (Å²) in [5.41, 5.74) is 1.77. The largest absolute Gasteiger partial charge is 0.369 e. The number of hydrogen-bond acceptors (Lipinski definition) is 5. The van der Waals surface area contributed by atoms with E-state index in [0.29, 0.717) is 0 Å². The molecule has 1 aromatic heterocycles. The normalized spacial score (nSPS) is 11.3. The zero-order valence-corrected chi connectivity index (χ0v) is 14.8. The van der Waals surface area contributed by atoms with Crippen LogP contribution >= 0.6 is 11.8 Å². The predicted molar refractivity (Wildman–Crippen MR) is 91.8 cm³/mol. The first-order chi connectivity index (χ1) is 10.8. The summed E-state index contributed by atoms with van der Waals surface area (Å²) in [7, 11) is 1.52. The van der Waals surface area contributed by atoms with Gasteiger partial charge >= 0.3 is 0 Å². The second-order valence-corrected chi connectivity index (χ2v) is 6.77. The van der Waals surface area contributed by atoms with Gasteiger partial charge in [0.25, 0.3) is 5.91 Å². The first-order valence-corrected chi connectivity index (χ1v) is 8.08. The molecule has 0 spiro atoms. The lowest BCUT2D eigenvalue weighted by atomic mass is 10.1. The lowest BCUT2D eigenvalue weighted by Gasteiger charge is -2.21. The lowest BCUT2D eigenvalue weighted by Crippen LogP contribution is -2.38. The molecule has 2 rings (SSSR count). The fourth-order valence-corrected chi connectivity index (χ4v) is 2.69. The van der Waals surface area contributed by atoms with E-state index in [4.69, 9.17) is 4.74 Å². The van der Waals surface area contributed by atoms with Crippen LogP contribution in [0.25, 0.3) is 0 Å². The highest BCUT2D eigenvalue weighted by Crippen LogP contribution is 2.26. The molecule has 0 aliphatic rings. The zero-order valence-electron chi connectivity index (χ0n) is 14.0. The van der Waals surface area contributed by atoms with Gasteiger partial charge in [-0.2, -0.15) is 0 Å². The Morgan fingerprint density at radius 1 is 1.13 bits per heavy atom. The van der Waals surface area contributed by atoms with Crippen LogP contribution in [0, 0.1) is 13.8 Å². The standard InChI is InChI=1S/C17H21N3O2S/c1-11-10-12(2)19-16(18-11)23-14-8-6-13(7-9-14)20-15(21)17(3,4)22-5/h6-10H,1-5H3,(H,20,21). The molecule has 1 aromatic carbocycles. The zero-order chi connectivity index (χ0) is 17.0. The van der Waals surface area contributed by atoms with E-state index < -0.39 is 5.60 Å². The van der Waals surface area contributed by atoms with Crippen LogP contribution < -0.4 is 5.32 Å². The number of rotatable bonds is 5. The van der Waals surface area contributed by atoms with Crippen LogP contribution in [-0.4, -0.2) is 28.6 Å². The van der Waals surface area contributed by atoms with Crippen LogP contribution in [0.5, 0.6) is 0 Å². The molecule has 0 aliphatic carbocycles. The van der Waals surface area contributed by atoms with Crippen LogP contribution in [-0.2, 0) is 9.53 Å². The van der Waals surface area contributed by atoms with Crippen molar-refractivity contribution < 1.29 is 9.53 Å². The van der Waals surface area contributed by atoms with Gasteiger partial charge in [0, 0.05) is 29.1 Å². The van der Waals surface area contributed by atoms with E-state index in [-0.39, 0.29) is 5.91 Å². The maximum Gasteiger partial charge on any atom is 0.256 e. The van der Waals surface area contributed by atoms with E-state index >= 15 is 0 Å². The van der Waals surface area contributed by atoms with Crippen molar-refractivity contribution in [2.45, 2.75) is 43.3 Å². The highest BCUT2D eigenvalue weighted by atomic mass is 32.2. The summed E-state index contributed by atoms with van der Waals surface area (Å²) in [5, 5.41) is 3.56. The van der Waals surface area contributed by atoms with Gasteiger partial charge in [-0.25, -0.2) is 9.97 Å². The van der Waals surface area contributed by atoms with E-state index in [9.17, 15) is 4.79 Å². The maximum absolute atomic E-state index is 12.1. The second-order valence-electron chi connectivity index (χ2n) is 5.73. The number of carbonyl (C=O) groups excluding carboxylic acids is 1. The minimum atomic E-state index is -0.861. The molecule has 2 aromatic rings. The lowest BCUT2D eigenvalue weighted by molar-refractivity contribution is -0.133. The Bertz CT molecular complexity index is 679. The molecule has 0 fully saturated rings. The summed E-state index contributed by atoms with van der Waals surface area (Å²) < 4.78 is 5.16. The number of carbonyl (C=O) groups is 1. The molecule has 1 heterocycles. The van der Waals surface area contributed by atoms with E-state index in [2.05, 4.69) is 15.3 Å². The summed E-state index contributed by atoms with van der Waals surface area (Å²) in [6.07, 6.45) is 0. The number of anilines is 1. The van der Waals surface area contributed by atoms with Crippen molar-refractivity contribution in [3.8, 4) is 0 Å². The van der Waals surface area contributed by atoms with E-state index in [1.54, 1.807) is 13.8 Å². The van der Waals surface area contributed by atoms with Crippen molar-refractivity contribution >= 4 is 23.4 Å². The number of aromatic nitrogens is 2. The number of amides is 1. The number of aryl methyl sites for hydroxylation is 2. The Morgan fingerprint density at radius 2 is 1.70 bits per heavy atom. The highest BCUT2D eigenvalue weighted by molar-refractivity contribution is 7.99. The molecule has 6 heteroatoms. The number of nitrogens with zero attached hydrogens (tertiary/aromatic N) is 2. The molecule has 0 saturated carbocycles. The molecule has 5 nitrogen and oxygen atoms in total. The summed E-state index contributed by atoms with van der Waals surface area (Å²) in [4.78, 5) is 21.9. The second kappa shape index (κ2) is 7.10. The average Bonchev–Trinajstić information content (AvgIpc) is 2.48. The number of ether oxygens (including phenoxy) is 1. The summed E-state index contributed by atoms with van der Waals surface area (Å²) >= 11 is 1.49. The molecule has 1 N–H and O–H groups in total. The summed E-state index contributed by atoms with van der Waals surface area (Å²) in [5.74, 6) is -0.182. The topological polar surface area (TPSA) is 64.1 Å². The number of hydrogen-bond donors (Lipinski definition) is 1. The van der Waals surface area contributed by atoms with Gasteiger partial charge in [0.1, 0.15) is 5.60 Å². The van der Waals surface area contributed by atoms with Crippen molar-refractivity contribution in [2.24, 2.45) is 0 Å². The van der Waals surface area contributed by atoms with Gasteiger partial charge < -0.3 is 10.1 Å². The maximum atomic E-state index is 12.1. The van der Waals surface area contributed by atoms with Crippen LogP contribution in [0.1, 0.15) is 25.2 Å². The molecular formula is C17H21N3O2S. The van der Waals surface area contributed by atoms with Gasteiger partial charge in [0.15, 0.2) is 5.16 Å². The van der Waals surface area contributed by atoms with Crippen molar-refractivity contribution in [1.82, 2.24) is 9.97 Å². The SMILES string of the molecule is COC(C)(C)C(=O)Nc1ccc(Sc2nc(C)cc(C)n2)cc1. The first kappa shape index (κ1) is 17.4. The predicted octanol–water partition coefficient (Wildman–Crippen LogP) is 3.61. The molecule has 1 amide bonds. The van der Waals surface area contributed by atoms with Gasteiger partial charge in [0.2, 0.25) is 0 Å². The van der Waals surface area contributed by atoms with Gasteiger partial charge in [-0.3, -0.25) is 4.79 Å². The third-order valence-corrected chi connectivity index (χ3v) is 4.21. The molecule has 0 radical (unpaired) electrons. The smallest absolute Gasteiger partial charge is 0.256 e. The van der Waals surface area contributed by atoms with Gasteiger partial charge in [0.05, 0.1) is 0 Å². The van der Waals surface area contributed by atoms with Crippen molar-refractivity contribution in [2.75, 3.05) is 12.4 Å². The highest BCUT2D eigenvalue weighted by Gasteiger charge is 2.26. The first-order valence-electron chi connectivity index (χ1n) is 7.27. The molecule has 0 unspecified atom stereocenters. The minimum absolute atomic E-state index is 0.182. The number of benzene rings is 1. The third kappa shape index (κ3) is 4.77. The molecule has 122 valence electrons. The molecule has 0 aliphatic heterocycles. The Balaban J connectivity index is 2.06. The van der Waals surface area contributed by atoms with Crippen molar-refractivity contribution in [3.63, 3.8) is 0 Å². The summed E-state index contributed by atoms with van der Waals surface area (Å²) in [6.45, 7) is 7.36. The van der Waals surface area contributed by atoms with Crippen LogP contribution in [0.2, 0.25) is 0 Å². The van der Waals surface area contributed by atoms with Crippen molar-refractivity contribution in [3.05, 3.63) is 41.7 Å². The van der Waals surface area contributed by atoms with Crippen LogP contribution in [0.15, 0.2) is 40.4 Å². The third-order valence-electron chi connectivity index (χ3n) is 3.34. The molecule has 0 atom stereocenters. The fraction of sp³-hybridized carbons (Fsp3) is 0.353. The Hall–Kier alpha value is -1.92. The molecule has 0 bridgehead atoms. The number of nitrogens with one attached hydrogen (secondary N) is 1. The van der Waals surface area contributed by atoms with E-state index in [1.165, 1.54) is 18.9 Å². The quantitative estimate of drug-likeness (QED) is 0.848. The van der Waals surface area contributed by atoms with Gasteiger partial charge in [-0.05, 0) is 69.8 Å². The molecule has 0 saturated heterocycles. The van der Waals surface area contributed by atoms with Crippen LogP contribution in [0.3, 0.4) is 0 Å². The van der Waals surface area contributed by atoms with E-state index in [0.717, 1.165) is 27.1 Å². The molecule has 23 heavy (non-hydrogen) atoms. The Kier molecular flexibility index (Phi) is 5.38. The average molecular weight is 331 g/mol. The van der Waals surface area contributed by atoms with Crippen molar-refractivity contribution in [1.29, 1.82) is 0 Å². The Labute approximate surface area is 140 Å². The monoisotopic (exact) mass is 331 g/mol. The van der Waals surface area contributed by atoms with Crippen LogP contribution in [0.4, 0.5) is 5.69 Å². The van der Waals surface area contributed by atoms with Gasteiger partial charge in [-0.15, -0.1) is 0 Å². The van der Waals surface area contributed by atoms with E-state index in [1.807, 2.05) is 44.2 Å².